The molecule has 0 fully saturated rings. The van der Waals surface area contributed by atoms with Gasteiger partial charge in [-0.1, -0.05) is 17.3 Å². The van der Waals surface area contributed by atoms with Crippen LogP contribution in [0.3, 0.4) is 0 Å². The molecule has 0 atom stereocenters. The van der Waals surface area contributed by atoms with Gasteiger partial charge in [-0.15, -0.1) is 0 Å². The van der Waals surface area contributed by atoms with E-state index in [4.69, 9.17) is 14.0 Å². The average molecular weight is 402 g/mol. The van der Waals surface area contributed by atoms with E-state index in [1.165, 1.54) is 14.2 Å². The fraction of sp³-hybridized carbons (Fsp3) is 0.250. The Kier molecular flexibility index (Phi) is 5.33. The lowest BCUT2D eigenvalue weighted by molar-refractivity contribution is 0.395. The predicted molar refractivity (Wildman–Crippen MR) is 107 cm³/mol. The molecule has 0 bridgehead atoms. The summed E-state index contributed by atoms with van der Waals surface area (Å²) in [5, 5.41) is 3.94. The van der Waals surface area contributed by atoms with Crippen molar-refractivity contribution in [2.45, 2.75) is 25.7 Å². The van der Waals surface area contributed by atoms with E-state index < -0.39 is 10.0 Å². The highest BCUT2D eigenvalue weighted by molar-refractivity contribution is 7.92. The summed E-state index contributed by atoms with van der Waals surface area (Å²) in [6.07, 6.45) is 0. The summed E-state index contributed by atoms with van der Waals surface area (Å²) in [6.45, 7) is 5.46. The van der Waals surface area contributed by atoms with Gasteiger partial charge >= 0.3 is 0 Å². The molecule has 0 saturated carbocycles. The van der Waals surface area contributed by atoms with Crippen LogP contribution in [-0.2, 0) is 10.0 Å². The Bertz CT molecular complexity index is 1100. The molecule has 0 unspecified atom stereocenters. The maximum absolute atomic E-state index is 13.1. The van der Waals surface area contributed by atoms with Crippen LogP contribution in [0.5, 0.6) is 11.5 Å². The predicted octanol–water partition coefficient (Wildman–Crippen LogP) is 4.08. The molecule has 0 aliphatic rings. The highest BCUT2D eigenvalue weighted by atomic mass is 32.2. The second kappa shape index (κ2) is 7.55. The van der Waals surface area contributed by atoms with Crippen molar-refractivity contribution >= 4 is 15.7 Å². The van der Waals surface area contributed by atoms with Crippen LogP contribution in [0, 0.1) is 20.8 Å². The summed E-state index contributed by atoms with van der Waals surface area (Å²) >= 11 is 0. The molecule has 28 heavy (non-hydrogen) atoms. The molecule has 0 aliphatic carbocycles. The van der Waals surface area contributed by atoms with Crippen LogP contribution in [-0.4, -0.2) is 27.8 Å². The summed E-state index contributed by atoms with van der Waals surface area (Å²) < 4.78 is 44.5. The lowest BCUT2D eigenvalue weighted by atomic mass is 10.1. The van der Waals surface area contributed by atoms with Crippen molar-refractivity contribution in [3.63, 3.8) is 0 Å². The Morgan fingerprint density at radius 2 is 1.61 bits per heavy atom. The molecule has 1 heterocycles. The third kappa shape index (κ3) is 3.82. The summed E-state index contributed by atoms with van der Waals surface area (Å²) in [5.41, 5.74) is 3.24. The van der Waals surface area contributed by atoms with Gasteiger partial charge < -0.3 is 14.0 Å². The minimum absolute atomic E-state index is 0.153. The number of sulfonamides is 1. The summed E-state index contributed by atoms with van der Waals surface area (Å²) in [6, 6.07) is 9.98. The van der Waals surface area contributed by atoms with E-state index in [0.717, 1.165) is 11.3 Å². The van der Waals surface area contributed by atoms with Crippen LogP contribution in [0.1, 0.15) is 16.8 Å². The zero-order valence-corrected chi connectivity index (χ0v) is 17.2. The first kappa shape index (κ1) is 19.8. The number of hydrogen-bond donors (Lipinski definition) is 1. The van der Waals surface area contributed by atoms with Gasteiger partial charge in [0.2, 0.25) is 0 Å². The Balaban J connectivity index is 2.02. The topological polar surface area (TPSA) is 90.7 Å². The Morgan fingerprint density at radius 1 is 0.964 bits per heavy atom. The molecule has 8 heteroatoms. The molecular weight excluding hydrogens is 380 g/mol. The van der Waals surface area contributed by atoms with Gasteiger partial charge in [0.25, 0.3) is 10.0 Å². The summed E-state index contributed by atoms with van der Waals surface area (Å²) in [5.74, 6) is 1.52. The molecule has 0 aliphatic heterocycles. The molecule has 0 radical (unpaired) electrons. The van der Waals surface area contributed by atoms with Crippen molar-refractivity contribution in [2.24, 2.45) is 0 Å². The van der Waals surface area contributed by atoms with Crippen LogP contribution in [0.15, 0.2) is 45.8 Å². The van der Waals surface area contributed by atoms with Gasteiger partial charge in [0.15, 0.2) is 5.76 Å². The summed E-state index contributed by atoms with van der Waals surface area (Å²) in [4.78, 5) is 0.153. The van der Waals surface area contributed by atoms with Gasteiger partial charge in [-0.05, 0) is 32.4 Å². The monoisotopic (exact) mass is 402 g/mol. The van der Waals surface area contributed by atoms with Gasteiger partial charge in [0.05, 0.1) is 30.5 Å². The highest BCUT2D eigenvalue weighted by Crippen LogP contribution is 2.31. The number of rotatable bonds is 6. The third-order valence-corrected chi connectivity index (χ3v) is 6.02. The van der Waals surface area contributed by atoms with Gasteiger partial charge in [-0.25, -0.2) is 8.42 Å². The number of aromatic nitrogens is 1. The van der Waals surface area contributed by atoms with Gasteiger partial charge in [0.1, 0.15) is 11.5 Å². The van der Waals surface area contributed by atoms with Gasteiger partial charge in [0, 0.05) is 29.3 Å². The van der Waals surface area contributed by atoms with Crippen molar-refractivity contribution in [1.82, 2.24) is 5.16 Å². The smallest absolute Gasteiger partial charge is 0.262 e. The van der Waals surface area contributed by atoms with Gasteiger partial charge in [-0.2, -0.15) is 0 Å². The first-order chi connectivity index (χ1) is 13.2. The minimum atomic E-state index is -3.85. The molecule has 1 N–H and O–H groups in total. The maximum Gasteiger partial charge on any atom is 0.262 e. The van der Waals surface area contributed by atoms with E-state index >= 15 is 0 Å². The molecule has 3 rings (SSSR count). The van der Waals surface area contributed by atoms with Crippen LogP contribution in [0.25, 0.3) is 11.3 Å². The zero-order valence-electron chi connectivity index (χ0n) is 16.4. The van der Waals surface area contributed by atoms with Crippen molar-refractivity contribution in [3.8, 4) is 22.8 Å². The number of methoxy groups -OCH3 is 2. The van der Waals surface area contributed by atoms with E-state index in [-0.39, 0.29) is 4.90 Å². The number of ether oxygens (including phenoxy) is 2. The number of anilines is 1. The third-order valence-electron chi connectivity index (χ3n) is 4.50. The van der Waals surface area contributed by atoms with Crippen LogP contribution in [0.4, 0.5) is 5.69 Å². The molecule has 7 nitrogen and oxygen atoms in total. The SMILES string of the molecule is COc1cc(NS(=O)(=O)c2cc(-c3onc(C)c3C)ccc2C)cc(OC)c1. The number of aryl methyl sites for hydroxylation is 2. The van der Waals surface area contributed by atoms with Crippen LogP contribution in [0.2, 0.25) is 0 Å². The Morgan fingerprint density at radius 3 is 2.14 bits per heavy atom. The van der Waals surface area contributed by atoms with E-state index in [1.54, 1.807) is 37.3 Å². The van der Waals surface area contributed by atoms with Crippen molar-refractivity contribution in [2.75, 3.05) is 18.9 Å². The van der Waals surface area contributed by atoms with E-state index in [1.807, 2.05) is 19.9 Å². The molecule has 1 aromatic heterocycles. The molecule has 0 spiro atoms. The number of benzene rings is 2. The summed E-state index contributed by atoms with van der Waals surface area (Å²) in [7, 11) is -0.849. The van der Waals surface area contributed by atoms with E-state index in [2.05, 4.69) is 9.88 Å². The molecule has 0 amide bonds. The number of nitrogens with one attached hydrogen (secondary N) is 1. The molecule has 3 aromatic rings. The van der Waals surface area contributed by atoms with Crippen LogP contribution < -0.4 is 14.2 Å². The largest absolute Gasteiger partial charge is 0.497 e. The minimum Gasteiger partial charge on any atom is -0.497 e. The molecule has 0 saturated heterocycles. The lowest BCUT2D eigenvalue weighted by Gasteiger charge is -2.13. The molecule has 148 valence electrons. The highest BCUT2D eigenvalue weighted by Gasteiger charge is 2.21. The second-order valence-electron chi connectivity index (χ2n) is 6.41. The lowest BCUT2D eigenvalue weighted by Crippen LogP contribution is -2.14. The average Bonchev–Trinajstić information content (AvgIpc) is 3.00. The fourth-order valence-electron chi connectivity index (χ4n) is 2.79. The standard InChI is InChI=1S/C20H22N2O5S/c1-12-6-7-15(20-13(2)14(3)21-27-20)8-19(12)28(23,24)22-16-9-17(25-4)11-18(10-16)26-5/h6-11,22H,1-5H3. The molecule has 2 aromatic carbocycles. The van der Waals surface area contributed by atoms with Crippen molar-refractivity contribution in [3.05, 3.63) is 53.2 Å². The van der Waals surface area contributed by atoms with Crippen LogP contribution >= 0.6 is 0 Å². The zero-order chi connectivity index (χ0) is 20.5. The Labute approximate surface area is 164 Å². The normalized spacial score (nSPS) is 11.3. The maximum atomic E-state index is 13.1. The number of nitrogens with zero attached hydrogens (tertiary/aromatic N) is 1. The fourth-order valence-corrected chi connectivity index (χ4v) is 4.10. The quantitative estimate of drug-likeness (QED) is 0.668. The number of hydrogen-bond acceptors (Lipinski definition) is 6. The van der Waals surface area contributed by atoms with Gasteiger partial charge in [-0.3, -0.25) is 4.72 Å². The second-order valence-corrected chi connectivity index (χ2v) is 8.06. The molecular formula is C20H22N2O5S. The van der Waals surface area contributed by atoms with E-state index in [0.29, 0.717) is 34.1 Å². The first-order valence-electron chi connectivity index (χ1n) is 8.55. The van der Waals surface area contributed by atoms with E-state index in [9.17, 15) is 8.42 Å². The Hall–Kier alpha value is -3.00. The van der Waals surface area contributed by atoms with Crippen molar-refractivity contribution in [1.29, 1.82) is 0 Å². The van der Waals surface area contributed by atoms with Crippen molar-refractivity contribution < 1.29 is 22.4 Å². The first-order valence-corrected chi connectivity index (χ1v) is 10.0.